The van der Waals surface area contributed by atoms with Gasteiger partial charge >= 0.3 is 0 Å². The Morgan fingerprint density at radius 1 is 1.58 bits per heavy atom. The molecule has 1 atom stereocenters. The second kappa shape index (κ2) is 9.12. The maximum absolute atomic E-state index is 5.56. The first kappa shape index (κ1) is 16.2. The molecule has 0 aromatic carbocycles. The summed E-state index contributed by atoms with van der Waals surface area (Å²) in [4.78, 5) is 9.00. The fourth-order valence-electron chi connectivity index (χ4n) is 2.38. The average molecular weight is 271 g/mol. The monoisotopic (exact) mass is 271 g/mol. The van der Waals surface area contributed by atoms with Crippen LogP contribution in [-0.2, 0) is 4.74 Å². The summed E-state index contributed by atoms with van der Waals surface area (Å²) in [6.07, 6.45) is 3.46. The topological polar surface area (TPSA) is 66.1 Å². The number of hydrogen-bond acceptors (Lipinski definition) is 4. The Labute approximate surface area is 117 Å². The number of hydrogen-bond donors (Lipinski definition) is 2. The number of nitrogens with one attached hydrogen (secondary N) is 1. The normalized spacial score (nSPS) is 20.8. The van der Waals surface area contributed by atoms with Gasteiger partial charge in [-0.15, -0.1) is 0 Å². The zero-order valence-corrected chi connectivity index (χ0v) is 12.6. The van der Waals surface area contributed by atoms with Gasteiger partial charge in [-0.2, -0.15) is 0 Å². The van der Waals surface area contributed by atoms with Gasteiger partial charge in [0.2, 0.25) is 5.96 Å². The van der Waals surface area contributed by atoms with E-state index in [-0.39, 0.29) is 0 Å². The predicted octanol–water partition coefficient (Wildman–Crippen LogP) is 0.258. The van der Waals surface area contributed by atoms with Gasteiger partial charge in [0, 0.05) is 39.4 Å². The molecule has 0 aliphatic carbocycles. The highest BCUT2D eigenvalue weighted by Crippen LogP contribution is 2.15. The molecule has 0 aromatic heterocycles. The first-order valence-corrected chi connectivity index (χ1v) is 7.19. The first-order chi connectivity index (χ1) is 9.19. The third-order valence-electron chi connectivity index (χ3n) is 3.56. The molecule has 0 amide bonds. The van der Waals surface area contributed by atoms with Gasteiger partial charge in [-0.05, 0) is 39.8 Å². The third kappa shape index (κ3) is 5.76. The smallest absolute Gasteiger partial charge is 0.208 e. The molecule has 3 N–H and O–H groups in total. The van der Waals surface area contributed by atoms with Crippen molar-refractivity contribution in [1.29, 1.82) is 0 Å². The molecule has 1 unspecified atom stereocenters. The predicted molar refractivity (Wildman–Crippen MR) is 79.0 cm³/mol. The molecule has 1 saturated heterocycles. The molecule has 6 heteroatoms. The Morgan fingerprint density at radius 3 is 2.95 bits per heavy atom. The summed E-state index contributed by atoms with van der Waals surface area (Å²) in [6.45, 7) is 6.42. The Balaban J connectivity index is 2.33. The van der Waals surface area contributed by atoms with Crippen LogP contribution in [0.5, 0.6) is 0 Å². The van der Waals surface area contributed by atoms with Crippen molar-refractivity contribution in [3.8, 4) is 0 Å². The molecule has 19 heavy (non-hydrogen) atoms. The summed E-state index contributed by atoms with van der Waals surface area (Å²) in [5, 5.41) is 0. The van der Waals surface area contributed by atoms with Crippen molar-refractivity contribution in [2.45, 2.75) is 32.2 Å². The van der Waals surface area contributed by atoms with E-state index >= 15 is 0 Å². The molecule has 112 valence electrons. The minimum atomic E-state index is 0.604. The summed E-state index contributed by atoms with van der Waals surface area (Å²) in [7, 11) is 4.22. The molecule has 1 heterocycles. The van der Waals surface area contributed by atoms with Crippen LogP contribution in [0.1, 0.15) is 26.2 Å². The van der Waals surface area contributed by atoms with Crippen LogP contribution in [0.3, 0.4) is 0 Å². The van der Waals surface area contributed by atoms with E-state index in [1.807, 2.05) is 14.0 Å². The minimum Gasteiger partial charge on any atom is -0.382 e. The highest BCUT2D eigenvalue weighted by molar-refractivity contribution is 5.79. The molecule has 0 radical (unpaired) electrons. The van der Waals surface area contributed by atoms with Crippen molar-refractivity contribution < 1.29 is 4.74 Å². The van der Waals surface area contributed by atoms with E-state index in [2.05, 4.69) is 27.3 Å². The first-order valence-electron chi connectivity index (χ1n) is 7.19. The molecule has 1 fully saturated rings. The van der Waals surface area contributed by atoms with E-state index in [9.17, 15) is 0 Å². The lowest BCUT2D eigenvalue weighted by Crippen LogP contribution is -2.47. The average Bonchev–Trinajstić information content (AvgIpc) is 2.79. The van der Waals surface area contributed by atoms with Crippen LogP contribution in [0.15, 0.2) is 4.99 Å². The van der Waals surface area contributed by atoms with Gasteiger partial charge in [0.25, 0.3) is 0 Å². The van der Waals surface area contributed by atoms with E-state index in [0.29, 0.717) is 6.04 Å². The summed E-state index contributed by atoms with van der Waals surface area (Å²) in [5.41, 5.74) is 2.70. The number of aliphatic imine (C=N–C) groups is 1. The second-order valence-corrected chi connectivity index (χ2v) is 5.06. The Bertz CT molecular complexity index is 272. The minimum absolute atomic E-state index is 0.604. The van der Waals surface area contributed by atoms with Crippen LogP contribution in [0.25, 0.3) is 0 Å². The fourth-order valence-corrected chi connectivity index (χ4v) is 2.38. The molecule has 0 saturated carbocycles. The SMILES string of the molecule is CCOCCCN=C(NN)N(C)CC1CCCN1C. The number of nitrogens with two attached hydrogens (primary N) is 1. The van der Waals surface area contributed by atoms with Gasteiger partial charge < -0.3 is 14.5 Å². The number of ether oxygens (including phenoxy) is 1. The maximum atomic E-state index is 5.56. The number of rotatable bonds is 7. The van der Waals surface area contributed by atoms with E-state index in [1.54, 1.807) is 0 Å². The molecule has 0 bridgehead atoms. The molecule has 1 rings (SSSR count). The number of likely N-dealkylation sites (N-methyl/N-ethyl adjacent to an activating group) is 2. The van der Waals surface area contributed by atoms with Crippen LogP contribution in [-0.4, -0.2) is 68.7 Å². The number of nitrogens with zero attached hydrogens (tertiary/aromatic N) is 3. The van der Waals surface area contributed by atoms with E-state index < -0.39 is 0 Å². The molecule has 0 spiro atoms. The number of hydrazine groups is 1. The number of likely N-dealkylation sites (tertiary alicyclic amines) is 1. The van der Waals surface area contributed by atoms with Gasteiger partial charge in [0.05, 0.1) is 0 Å². The van der Waals surface area contributed by atoms with Gasteiger partial charge in [0.15, 0.2) is 0 Å². The van der Waals surface area contributed by atoms with Crippen LogP contribution in [0.4, 0.5) is 0 Å². The highest BCUT2D eigenvalue weighted by atomic mass is 16.5. The molecule has 1 aliphatic rings. The Morgan fingerprint density at radius 2 is 2.37 bits per heavy atom. The zero-order chi connectivity index (χ0) is 14.1. The van der Waals surface area contributed by atoms with Crippen molar-refractivity contribution in [3.05, 3.63) is 0 Å². The second-order valence-electron chi connectivity index (χ2n) is 5.06. The standard InChI is InChI=1S/C13H29N5O/c1-4-19-10-6-8-15-13(16-14)18(3)11-12-7-5-9-17(12)2/h12H,4-11,14H2,1-3H3,(H,15,16). The van der Waals surface area contributed by atoms with Crippen LogP contribution < -0.4 is 11.3 Å². The molecular formula is C13H29N5O. The van der Waals surface area contributed by atoms with Crippen molar-refractivity contribution in [3.63, 3.8) is 0 Å². The van der Waals surface area contributed by atoms with Crippen molar-refractivity contribution >= 4 is 5.96 Å². The van der Waals surface area contributed by atoms with E-state index in [0.717, 1.165) is 38.7 Å². The maximum Gasteiger partial charge on any atom is 0.208 e. The third-order valence-corrected chi connectivity index (χ3v) is 3.56. The lowest BCUT2D eigenvalue weighted by molar-refractivity contribution is 0.146. The van der Waals surface area contributed by atoms with Crippen molar-refractivity contribution in [2.24, 2.45) is 10.8 Å². The van der Waals surface area contributed by atoms with Crippen LogP contribution >= 0.6 is 0 Å². The van der Waals surface area contributed by atoms with Crippen LogP contribution in [0, 0.1) is 0 Å². The van der Waals surface area contributed by atoms with Gasteiger partial charge in [-0.25, -0.2) is 5.84 Å². The molecular weight excluding hydrogens is 242 g/mol. The lowest BCUT2D eigenvalue weighted by atomic mass is 10.2. The summed E-state index contributed by atoms with van der Waals surface area (Å²) < 4.78 is 5.29. The Hall–Kier alpha value is -0.850. The van der Waals surface area contributed by atoms with Gasteiger partial charge in [-0.3, -0.25) is 10.4 Å². The molecule has 1 aliphatic heterocycles. The summed E-state index contributed by atoms with van der Waals surface area (Å²) in [6, 6.07) is 0.604. The van der Waals surface area contributed by atoms with E-state index in [4.69, 9.17) is 10.6 Å². The summed E-state index contributed by atoms with van der Waals surface area (Å²) in [5.74, 6) is 6.32. The van der Waals surface area contributed by atoms with Crippen molar-refractivity contribution in [1.82, 2.24) is 15.2 Å². The fraction of sp³-hybridized carbons (Fsp3) is 0.923. The van der Waals surface area contributed by atoms with Gasteiger partial charge in [0.1, 0.15) is 0 Å². The largest absolute Gasteiger partial charge is 0.382 e. The van der Waals surface area contributed by atoms with E-state index in [1.165, 1.54) is 19.4 Å². The van der Waals surface area contributed by atoms with Gasteiger partial charge in [-0.1, -0.05) is 0 Å². The van der Waals surface area contributed by atoms with Crippen molar-refractivity contribution in [2.75, 3.05) is 46.9 Å². The zero-order valence-electron chi connectivity index (χ0n) is 12.6. The number of guanidine groups is 1. The quantitative estimate of drug-likeness (QED) is 0.229. The molecule has 6 nitrogen and oxygen atoms in total. The molecule has 0 aromatic rings. The highest BCUT2D eigenvalue weighted by Gasteiger charge is 2.22. The lowest BCUT2D eigenvalue weighted by Gasteiger charge is -2.27. The Kier molecular flexibility index (Phi) is 7.78. The van der Waals surface area contributed by atoms with Crippen LogP contribution in [0.2, 0.25) is 0 Å². The summed E-state index contributed by atoms with van der Waals surface area (Å²) >= 11 is 0.